The van der Waals surface area contributed by atoms with Crippen molar-refractivity contribution in [1.82, 2.24) is 0 Å². The van der Waals surface area contributed by atoms with Crippen LogP contribution in [0.25, 0.3) is 0 Å². The number of amides is 1. The van der Waals surface area contributed by atoms with Crippen molar-refractivity contribution in [3.63, 3.8) is 0 Å². The van der Waals surface area contributed by atoms with Crippen molar-refractivity contribution in [2.45, 2.75) is 33.1 Å². The highest BCUT2D eigenvalue weighted by atomic mass is 16.5. The van der Waals surface area contributed by atoms with Crippen LogP contribution in [0.15, 0.2) is 48.5 Å². The average molecular weight is 384 g/mol. The van der Waals surface area contributed by atoms with E-state index in [2.05, 4.69) is 17.6 Å². The van der Waals surface area contributed by atoms with Gasteiger partial charge >= 0.3 is 5.97 Å². The van der Waals surface area contributed by atoms with Gasteiger partial charge in [0, 0.05) is 17.4 Å². The smallest absolute Gasteiger partial charge is 0.338 e. The Labute approximate surface area is 166 Å². The van der Waals surface area contributed by atoms with Crippen LogP contribution in [0.1, 0.15) is 43.5 Å². The molecule has 2 aromatic rings. The lowest BCUT2D eigenvalue weighted by Crippen LogP contribution is -2.21. The predicted molar refractivity (Wildman–Crippen MR) is 111 cm³/mol. The highest BCUT2D eigenvalue weighted by Gasteiger charge is 2.08. The number of unbranched alkanes of at least 4 members (excludes halogenated alkanes) is 1. The largest absolute Gasteiger partial charge is 0.494 e. The Bertz CT molecular complexity index is 759. The normalized spacial score (nSPS) is 10.2. The standard InChI is InChI=1S/C22H28N2O4/c1-3-5-14-27-20-8-6-7-19(15-20)23-16-21(25)24-18-11-9-17(10-12-18)22(26)28-13-4-2/h6-12,15,23H,3-5,13-14,16H2,1-2H3,(H,24,25). The first kappa shape index (κ1) is 21.3. The van der Waals surface area contributed by atoms with Crippen molar-refractivity contribution in [3.8, 4) is 5.75 Å². The molecule has 0 atom stereocenters. The lowest BCUT2D eigenvalue weighted by atomic mass is 10.2. The minimum atomic E-state index is -0.359. The van der Waals surface area contributed by atoms with Crippen LogP contribution in [-0.4, -0.2) is 31.6 Å². The maximum atomic E-state index is 12.1. The summed E-state index contributed by atoms with van der Waals surface area (Å²) in [5.41, 5.74) is 1.90. The van der Waals surface area contributed by atoms with Crippen LogP contribution in [0.2, 0.25) is 0 Å². The van der Waals surface area contributed by atoms with E-state index in [9.17, 15) is 9.59 Å². The van der Waals surface area contributed by atoms with Gasteiger partial charge in [-0.1, -0.05) is 26.3 Å². The number of ether oxygens (including phenoxy) is 2. The molecule has 0 aliphatic rings. The van der Waals surface area contributed by atoms with Gasteiger partial charge in [0.25, 0.3) is 0 Å². The molecule has 2 N–H and O–H groups in total. The monoisotopic (exact) mass is 384 g/mol. The number of carbonyl (C=O) groups is 2. The van der Waals surface area contributed by atoms with E-state index in [1.165, 1.54) is 0 Å². The SMILES string of the molecule is CCCCOc1cccc(NCC(=O)Nc2ccc(C(=O)OCCC)cc2)c1. The number of esters is 1. The van der Waals surface area contributed by atoms with Gasteiger partial charge in [0.2, 0.25) is 5.91 Å². The molecule has 2 aromatic carbocycles. The van der Waals surface area contributed by atoms with E-state index < -0.39 is 0 Å². The molecule has 0 aliphatic heterocycles. The van der Waals surface area contributed by atoms with Crippen molar-refractivity contribution < 1.29 is 19.1 Å². The van der Waals surface area contributed by atoms with Crippen molar-refractivity contribution in [1.29, 1.82) is 0 Å². The van der Waals surface area contributed by atoms with E-state index in [1.54, 1.807) is 24.3 Å². The summed E-state index contributed by atoms with van der Waals surface area (Å²) in [6.45, 7) is 5.26. The molecule has 0 saturated heterocycles. The maximum Gasteiger partial charge on any atom is 0.338 e. The third-order valence-electron chi connectivity index (χ3n) is 3.90. The zero-order valence-corrected chi connectivity index (χ0v) is 16.5. The molecule has 0 bridgehead atoms. The Morgan fingerprint density at radius 3 is 2.43 bits per heavy atom. The third kappa shape index (κ3) is 7.31. The molecular weight excluding hydrogens is 356 g/mol. The molecule has 0 fully saturated rings. The highest BCUT2D eigenvalue weighted by molar-refractivity contribution is 5.95. The van der Waals surface area contributed by atoms with Gasteiger partial charge in [0.05, 0.1) is 25.3 Å². The number of rotatable bonds is 11. The van der Waals surface area contributed by atoms with Crippen molar-refractivity contribution in [2.24, 2.45) is 0 Å². The minimum absolute atomic E-state index is 0.124. The summed E-state index contributed by atoms with van der Waals surface area (Å²) in [7, 11) is 0. The van der Waals surface area contributed by atoms with E-state index >= 15 is 0 Å². The number of carbonyl (C=O) groups excluding carboxylic acids is 2. The van der Waals surface area contributed by atoms with Crippen molar-refractivity contribution >= 4 is 23.3 Å². The van der Waals surface area contributed by atoms with E-state index in [4.69, 9.17) is 9.47 Å². The second-order valence-corrected chi connectivity index (χ2v) is 6.34. The average Bonchev–Trinajstić information content (AvgIpc) is 2.71. The summed E-state index contributed by atoms with van der Waals surface area (Å²) < 4.78 is 10.7. The molecule has 0 aliphatic carbocycles. The second kappa shape index (κ2) is 11.6. The fourth-order valence-corrected chi connectivity index (χ4v) is 2.39. The number of nitrogens with one attached hydrogen (secondary N) is 2. The van der Waals surface area contributed by atoms with Gasteiger partial charge in [-0.05, 0) is 49.2 Å². The Balaban J connectivity index is 1.81. The Morgan fingerprint density at radius 2 is 1.71 bits per heavy atom. The summed E-state index contributed by atoms with van der Waals surface area (Å²) in [5.74, 6) is 0.241. The van der Waals surface area contributed by atoms with Gasteiger partial charge in [-0.25, -0.2) is 4.79 Å². The van der Waals surface area contributed by atoms with Gasteiger partial charge in [0.15, 0.2) is 0 Å². The van der Waals surface area contributed by atoms with Crippen LogP contribution >= 0.6 is 0 Å². The zero-order chi connectivity index (χ0) is 20.2. The summed E-state index contributed by atoms with van der Waals surface area (Å²) in [4.78, 5) is 23.9. The number of hydrogen-bond donors (Lipinski definition) is 2. The quantitative estimate of drug-likeness (QED) is 0.441. The molecule has 0 radical (unpaired) electrons. The van der Waals surface area contributed by atoms with Gasteiger partial charge in [0.1, 0.15) is 5.75 Å². The molecular formula is C22H28N2O4. The summed E-state index contributed by atoms with van der Waals surface area (Å²) >= 11 is 0. The topological polar surface area (TPSA) is 76.7 Å². The van der Waals surface area contributed by atoms with Crippen LogP contribution in [-0.2, 0) is 9.53 Å². The van der Waals surface area contributed by atoms with E-state index in [-0.39, 0.29) is 18.4 Å². The maximum absolute atomic E-state index is 12.1. The fourth-order valence-electron chi connectivity index (χ4n) is 2.39. The molecule has 0 saturated carbocycles. The first-order chi connectivity index (χ1) is 13.6. The summed E-state index contributed by atoms with van der Waals surface area (Å²) in [6, 6.07) is 14.2. The van der Waals surface area contributed by atoms with Crippen LogP contribution in [0.4, 0.5) is 11.4 Å². The molecule has 0 aromatic heterocycles. The summed E-state index contributed by atoms with van der Waals surface area (Å²) in [5, 5.41) is 5.88. The molecule has 150 valence electrons. The fraction of sp³-hybridized carbons (Fsp3) is 0.364. The number of anilines is 2. The van der Waals surface area contributed by atoms with Crippen LogP contribution in [0, 0.1) is 0 Å². The first-order valence-electron chi connectivity index (χ1n) is 9.66. The molecule has 0 spiro atoms. The van der Waals surface area contributed by atoms with Gasteiger partial charge in [-0.3, -0.25) is 4.79 Å². The van der Waals surface area contributed by atoms with E-state index in [0.29, 0.717) is 24.5 Å². The molecule has 28 heavy (non-hydrogen) atoms. The predicted octanol–water partition coefficient (Wildman–Crippen LogP) is 4.48. The van der Waals surface area contributed by atoms with Crippen molar-refractivity contribution in [3.05, 3.63) is 54.1 Å². The van der Waals surface area contributed by atoms with Gasteiger partial charge in [-0.2, -0.15) is 0 Å². The minimum Gasteiger partial charge on any atom is -0.494 e. The Morgan fingerprint density at radius 1 is 0.929 bits per heavy atom. The molecule has 0 heterocycles. The van der Waals surface area contributed by atoms with Crippen LogP contribution in [0.5, 0.6) is 5.75 Å². The first-order valence-corrected chi connectivity index (χ1v) is 9.66. The Hall–Kier alpha value is -3.02. The summed E-state index contributed by atoms with van der Waals surface area (Å²) in [6.07, 6.45) is 2.87. The Kier molecular flexibility index (Phi) is 8.85. The molecule has 1 amide bonds. The molecule has 0 unspecified atom stereocenters. The van der Waals surface area contributed by atoms with Gasteiger partial charge < -0.3 is 20.1 Å². The van der Waals surface area contributed by atoms with Crippen LogP contribution < -0.4 is 15.4 Å². The highest BCUT2D eigenvalue weighted by Crippen LogP contribution is 2.17. The lowest BCUT2D eigenvalue weighted by Gasteiger charge is -2.10. The van der Waals surface area contributed by atoms with Gasteiger partial charge in [-0.15, -0.1) is 0 Å². The number of benzene rings is 2. The molecule has 6 heteroatoms. The third-order valence-corrected chi connectivity index (χ3v) is 3.90. The zero-order valence-electron chi connectivity index (χ0n) is 16.5. The lowest BCUT2D eigenvalue weighted by molar-refractivity contribution is -0.114. The van der Waals surface area contributed by atoms with E-state index in [1.807, 2.05) is 31.2 Å². The van der Waals surface area contributed by atoms with E-state index in [0.717, 1.165) is 30.7 Å². The van der Waals surface area contributed by atoms with Crippen molar-refractivity contribution in [2.75, 3.05) is 30.4 Å². The number of hydrogen-bond acceptors (Lipinski definition) is 5. The van der Waals surface area contributed by atoms with Crippen LogP contribution in [0.3, 0.4) is 0 Å². The molecule has 6 nitrogen and oxygen atoms in total. The second-order valence-electron chi connectivity index (χ2n) is 6.34. The molecule has 2 rings (SSSR count).